The number of aliphatic hydroxyl groups excluding tert-OH is 1. The zero-order valence-corrected chi connectivity index (χ0v) is 14.9. The summed E-state index contributed by atoms with van der Waals surface area (Å²) >= 11 is 0. The molecule has 0 saturated heterocycles. The van der Waals surface area contributed by atoms with E-state index < -0.39 is 0 Å². The van der Waals surface area contributed by atoms with Crippen molar-refractivity contribution < 1.29 is 9.84 Å². The molecular weight excluding hydrogens is 284 g/mol. The lowest BCUT2D eigenvalue weighted by Gasteiger charge is -2.66. The fourth-order valence-corrected chi connectivity index (χ4v) is 6.08. The van der Waals surface area contributed by atoms with Crippen molar-refractivity contribution in [3.63, 3.8) is 0 Å². The highest BCUT2D eigenvalue weighted by atomic mass is 16.5. The molecule has 0 bridgehead atoms. The number of hydrogen-bond donors (Lipinski definition) is 1. The first kappa shape index (κ1) is 15.5. The first-order valence-corrected chi connectivity index (χ1v) is 9.26. The second-order valence-electron chi connectivity index (χ2n) is 9.10. The Morgan fingerprint density at radius 3 is 2.61 bits per heavy atom. The van der Waals surface area contributed by atoms with Gasteiger partial charge in [-0.15, -0.1) is 0 Å². The quantitative estimate of drug-likeness (QED) is 0.758. The Morgan fingerprint density at radius 2 is 1.83 bits per heavy atom. The normalized spacial score (nSPS) is 44.5. The Kier molecular flexibility index (Phi) is 3.20. The maximum Gasteiger partial charge on any atom is 0.123 e. The molecule has 0 aromatic heterocycles. The van der Waals surface area contributed by atoms with Crippen molar-refractivity contribution in [2.24, 2.45) is 22.7 Å². The number of rotatable bonds is 0. The van der Waals surface area contributed by atoms with Gasteiger partial charge in [0.25, 0.3) is 0 Å². The lowest BCUT2D eigenvalue weighted by Crippen LogP contribution is -2.70. The lowest BCUT2D eigenvalue weighted by atomic mass is 9.44. The molecule has 2 heteroatoms. The summed E-state index contributed by atoms with van der Waals surface area (Å²) in [6.07, 6.45) is 5.14. The van der Waals surface area contributed by atoms with Crippen LogP contribution in [-0.2, 0) is 6.42 Å². The van der Waals surface area contributed by atoms with Crippen molar-refractivity contribution in [1.29, 1.82) is 0 Å². The minimum atomic E-state index is -0.212. The summed E-state index contributed by atoms with van der Waals surface area (Å²) in [5.41, 5.74) is 1.31. The van der Waals surface area contributed by atoms with Gasteiger partial charge in [-0.1, -0.05) is 45.9 Å². The summed E-state index contributed by atoms with van der Waals surface area (Å²) in [5.74, 6) is 2.16. The Labute approximate surface area is 140 Å². The zero-order valence-electron chi connectivity index (χ0n) is 14.9. The summed E-state index contributed by atoms with van der Waals surface area (Å²) in [6, 6.07) is 8.58. The van der Waals surface area contributed by atoms with Gasteiger partial charge >= 0.3 is 0 Å². The second kappa shape index (κ2) is 4.75. The van der Waals surface area contributed by atoms with Crippen LogP contribution in [0.1, 0.15) is 58.9 Å². The molecule has 5 atom stereocenters. The van der Waals surface area contributed by atoms with Crippen LogP contribution in [-0.4, -0.2) is 16.8 Å². The Hall–Kier alpha value is -1.02. The first-order chi connectivity index (χ1) is 10.8. The van der Waals surface area contributed by atoms with Gasteiger partial charge in [0.05, 0.1) is 6.10 Å². The smallest absolute Gasteiger partial charge is 0.123 e. The average molecular weight is 314 g/mol. The molecule has 2 nitrogen and oxygen atoms in total. The Morgan fingerprint density at radius 1 is 1.09 bits per heavy atom. The van der Waals surface area contributed by atoms with E-state index in [0.29, 0.717) is 11.8 Å². The Bertz CT molecular complexity index is 622. The second-order valence-corrected chi connectivity index (χ2v) is 9.10. The molecule has 1 aromatic rings. The lowest BCUT2D eigenvalue weighted by molar-refractivity contribution is -0.233. The largest absolute Gasteiger partial charge is 0.486 e. The van der Waals surface area contributed by atoms with Crippen molar-refractivity contribution in [2.45, 2.75) is 71.5 Å². The third kappa shape index (κ3) is 1.85. The van der Waals surface area contributed by atoms with Gasteiger partial charge in [0.15, 0.2) is 0 Å². The highest BCUT2D eigenvalue weighted by Gasteiger charge is 2.67. The van der Waals surface area contributed by atoms with Crippen molar-refractivity contribution in [2.75, 3.05) is 0 Å². The van der Waals surface area contributed by atoms with E-state index in [1.807, 2.05) is 0 Å². The summed E-state index contributed by atoms with van der Waals surface area (Å²) < 4.78 is 6.87. The van der Waals surface area contributed by atoms with Crippen molar-refractivity contribution in [1.82, 2.24) is 0 Å². The van der Waals surface area contributed by atoms with E-state index in [1.165, 1.54) is 18.4 Å². The molecule has 126 valence electrons. The van der Waals surface area contributed by atoms with Gasteiger partial charge in [-0.05, 0) is 55.1 Å². The van der Waals surface area contributed by atoms with Gasteiger partial charge in [-0.2, -0.15) is 0 Å². The third-order valence-electron chi connectivity index (χ3n) is 7.87. The fraction of sp³-hybridized carbons (Fsp3) is 0.714. The predicted octanol–water partition coefficient (Wildman–Crippen LogP) is 4.59. The van der Waals surface area contributed by atoms with Gasteiger partial charge in [-0.25, -0.2) is 0 Å². The maximum absolute atomic E-state index is 10.7. The van der Waals surface area contributed by atoms with Gasteiger partial charge in [0, 0.05) is 11.3 Å². The van der Waals surface area contributed by atoms with Crippen molar-refractivity contribution in [3.8, 4) is 5.75 Å². The molecule has 1 N–H and O–H groups in total. The van der Waals surface area contributed by atoms with Crippen LogP contribution >= 0.6 is 0 Å². The van der Waals surface area contributed by atoms with Gasteiger partial charge < -0.3 is 9.84 Å². The van der Waals surface area contributed by atoms with Crippen molar-refractivity contribution in [3.05, 3.63) is 29.8 Å². The minimum Gasteiger partial charge on any atom is -0.486 e. The van der Waals surface area contributed by atoms with Crippen LogP contribution < -0.4 is 4.74 Å². The molecule has 1 spiro atoms. The monoisotopic (exact) mass is 314 g/mol. The average Bonchev–Trinajstić information content (AvgIpc) is 2.51. The van der Waals surface area contributed by atoms with Crippen molar-refractivity contribution >= 4 is 0 Å². The molecule has 4 rings (SSSR count). The summed E-state index contributed by atoms with van der Waals surface area (Å²) in [5, 5.41) is 10.7. The van der Waals surface area contributed by atoms with E-state index >= 15 is 0 Å². The molecule has 0 unspecified atom stereocenters. The fourth-order valence-electron chi connectivity index (χ4n) is 6.08. The van der Waals surface area contributed by atoms with Gasteiger partial charge in [0.1, 0.15) is 11.4 Å². The third-order valence-corrected chi connectivity index (χ3v) is 7.87. The van der Waals surface area contributed by atoms with E-state index in [2.05, 4.69) is 52.0 Å². The summed E-state index contributed by atoms with van der Waals surface area (Å²) in [6.45, 7) is 9.37. The molecule has 1 aromatic carbocycles. The van der Waals surface area contributed by atoms with Crippen LogP contribution in [0.15, 0.2) is 24.3 Å². The molecule has 1 heterocycles. The van der Waals surface area contributed by atoms with Crippen LogP contribution in [0, 0.1) is 22.7 Å². The number of hydrogen-bond acceptors (Lipinski definition) is 2. The van der Waals surface area contributed by atoms with E-state index in [4.69, 9.17) is 4.74 Å². The van der Waals surface area contributed by atoms with E-state index in [9.17, 15) is 5.11 Å². The molecule has 2 fully saturated rings. The zero-order chi connectivity index (χ0) is 16.5. The van der Waals surface area contributed by atoms with Crippen LogP contribution in [0.5, 0.6) is 5.75 Å². The SMILES string of the molecule is C[C@H]1CC[C@H]2C(C)(C)[C@@H](O)CC[C@]23Oc2ccccc2C[C@]13C. The van der Waals surface area contributed by atoms with Crippen LogP contribution in [0.3, 0.4) is 0 Å². The van der Waals surface area contributed by atoms with Gasteiger partial charge in [-0.3, -0.25) is 0 Å². The first-order valence-electron chi connectivity index (χ1n) is 9.26. The molecule has 1 aliphatic heterocycles. The molecule has 0 amide bonds. The Balaban J connectivity index is 1.88. The van der Waals surface area contributed by atoms with Crippen LogP contribution in [0.25, 0.3) is 0 Å². The number of benzene rings is 1. The minimum absolute atomic E-state index is 0.0774. The molecule has 0 radical (unpaired) electrons. The molecule has 3 aliphatic rings. The molecule has 23 heavy (non-hydrogen) atoms. The number of aliphatic hydroxyl groups is 1. The molecule has 2 saturated carbocycles. The topological polar surface area (TPSA) is 29.5 Å². The summed E-state index contributed by atoms with van der Waals surface area (Å²) in [7, 11) is 0. The molecular formula is C21H30O2. The number of fused-ring (bicyclic) bond motifs is 1. The van der Waals surface area contributed by atoms with Crippen LogP contribution in [0.2, 0.25) is 0 Å². The number of ether oxygens (including phenoxy) is 1. The highest BCUT2D eigenvalue weighted by Crippen LogP contribution is 2.65. The predicted molar refractivity (Wildman–Crippen MR) is 92.5 cm³/mol. The molecule has 2 aliphatic carbocycles. The van der Waals surface area contributed by atoms with Gasteiger partial charge in [0.2, 0.25) is 0 Å². The maximum atomic E-state index is 10.7. The van der Waals surface area contributed by atoms with E-state index in [-0.39, 0.29) is 22.5 Å². The standard InChI is InChI=1S/C21H30O2/c1-14-9-10-17-19(2,3)18(22)11-12-21(17)20(14,4)13-15-7-5-6-8-16(15)23-21/h5-8,14,17-18,22H,9-13H2,1-4H3/t14-,17-,18-,20+,21-/m0/s1. The van der Waals surface area contributed by atoms with E-state index in [0.717, 1.165) is 25.0 Å². The number of para-hydroxylation sites is 1. The van der Waals surface area contributed by atoms with Crippen LogP contribution in [0.4, 0.5) is 0 Å². The highest BCUT2D eigenvalue weighted by molar-refractivity contribution is 5.39. The summed E-state index contributed by atoms with van der Waals surface area (Å²) in [4.78, 5) is 0. The van der Waals surface area contributed by atoms with E-state index in [1.54, 1.807) is 0 Å².